The number of anilines is 1. The van der Waals surface area contributed by atoms with Crippen molar-refractivity contribution >= 4 is 29.9 Å². The van der Waals surface area contributed by atoms with Gasteiger partial charge in [-0.25, -0.2) is 0 Å². The molecule has 1 atom stereocenters. The highest BCUT2D eigenvalue weighted by atomic mass is 35.5. The van der Waals surface area contributed by atoms with Crippen molar-refractivity contribution in [2.45, 2.75) is 32.4 Å². The molecular formula is C19H24ClN3O2. The lowest BCUT2D eigenvalue weighted by Gasteiger charge is -2.13. The molecule has 0 heterocycles. The lowest BCUT2D eigenvalue weighted by atomic mass is 10.1. The number of nitrogens with one attached hydrogen (secondary N) is 2. The van der Waals surface area contributed by atoms with Gasteiger partial charge >= 0.3 is 0 Å². The van der Waals surface area contributed by atoms with Crippen LogP contribution in [0.5, 0.6) is 0 Å². The van der Waals surface area contributed by atoms with Crippen molar-refractivity contribution in [1.29, 1.82) is 0 Å². The molecule has 4 N–H and O–H groups in total. The maximum atomic E-state index is 12.2. The summed E-state index contributed by atoms with van der Waals surface area (Å²) in [5.74, 6) is -0.387. The van der Waals surface area contributed by atoms with Gasteiger partial charge in [0.1, 0.15) is 0 Å². The van der Waals surface area contributed by atoms with Gasteiger partial charge in [0.15, 0.2) is 0 Å². The molecule has 5 nitrogen and oxygen atoms in total. The highest BCUT2D eigenvalue weighted by molar-refractivity contribution is 5.97. The van der Waals surface area contributed by atoms with Gasteiger partial charge in [-0.2, -0.15) is 0 Å². The second-order valence-corrected chi connectivity index (χ2v) is 5.99. The van der Waals surface area contributed by atoms with Gasteiger partial charge in [-0.15, -0.1) is 12.4 Å². The van der Waals surface area contributed by atoms with Crippen LogP contribution >= 0.6 is 12.4 Å². The molecule has 0 aliphatic carbocycles. The number of rotatable bonds is 6. The molecule has 25 heavy (non-hydrogen) atoms. The van der Waals surface area contributed by atoms with E-state index in [0.717, 1.165) is 5.56 Å². The number of halogens is 1. The second kappa shape index (κ2) is 9.81. The van der Waals surface area contributed by atoms with Crippen LogP contribution in [0.2, 0.25) is 0 Å². The molecule has 0 spiro atoms. The number of carbonyl (C=O) groups is 2. The van der Waals surface area contributed by atoms with Crippen LogP contribution in [0.4, 0.5) is 5.69 Å². The lowest BCUT2D eigenvalue weighted by Crippen LogP contribution is -2.37. The van der Waals surface area contributed by atoms with Crippen LogP contribution in [-0.2, 0) is 11.2 Å². The van der Waals surface area contributed by atoms with Gasteiger partial charge in [0, 0.05) is 17.3 Å². The fourth-order valence-corrected chi connectivity index (χ4v) is 2.25. The summed E-state index contributed by atoms with van der Waals surface area (Å²) < 4.78 is 0. The van der Waals surface area contributed by atoms with Gasteiger partial charge < -0.3 is 16.4 Å². The topological polar surface area (TPSA) is 84.2 Å². The van der Waals surface area contributed by atoms with Gasteiger partial charge in [-0.05, 0) is 50.1 Å². The number of hydrogen-bond acceptors (Lipinski definition) is 3. The summed E-state index contributed by atoms with van der Waals surface area (Å²) in [7, 11) is 0. The number of hydrogen-bond donors (Lipinski definition) is 3. The van der Waals surface area contributed by atoms with Crippen molar-refractivity contribution in [3.8, 4) is 0 Å². The minimum absolute atomic E-state index is 0. The first kappa shape index (κ1) is 20.7. The third-order valence-electron chi connectivity index (χ3n) is 3.47. The average molecular weight is 362 g/mol. The summed E-state index contributed by atoms with van der Waals surface area (Å²) in [6.45, 7) is 3.81. The molecule has 0 aliphatic rings. The molecule has 0 radical (unpaired) electrons. The molecule has 2 aromatic carbocycles. The molecule has 0 aromatic heterocycles. The zero-order chi connectivity index (χ0) is 17.5. The van der Waals surface area contributed by atoms with E-state index in [1.807, 2.05) is 44.2 Å². The van der Waals surface area contributed by atoms with E-state index in [9.17, 15) is 9.59 Å². The number of benzene rings is 2. The molecule has 2 amide bonds. The summed E-state index contributed by atoms with van der Waals surface area (Å²) in [4.78, 5) is 24.0. The van der Waals surface area contributed by atoms with Crippen molar-refractivity contribution in [3.05, 3.63) is 65.7 Å². The van der Waals surface area contributed by atoms with Crippen LogP contribution in [0.1, 0.15) is 29.8 Å². The van der Waals surface area contributed by atoms with Crippen molar-refractivity contribution in [2.24, 2.45) is 5.73 Å². The lowest BCUT2D eigenvalue weighted by molar-refractivity contribution is -0.117. The average Bonchev–Trinajstić information content (AvgIpc) is 2.55. The molecule has 0 aliphatic heterocycles. The fraction of sp³-hybridized carbons (Fsp3) is 0.263. The molecule has 0 saturated heterocycles. The smallest absolute Gasteiger partial charge is 0.251 e. The Labute approximate surface area is 154 Å². The highest BCUT2D eigenvalue weighted by Gasteiger charge is 2.14. The first-order valence-electron chi connectivity index (χ1n) is 7.97. The number of amides is 2. The Hall–Kier alpha value is -2.37. The summed E-state index contributed by atoms with van der Waals surface area (Å²) in [5, 5.41) is 5.59. The maximum absolute atomic E-state index is 12.2. The summed E-state index contributed by atoms with van der Waals surface area (Å²) in [5.41, 5.74) is 8.14. The van der Waals surface area contributed by atoms with Gasteiger partial charge in [0.2, 0.25) is 5.91 Å². The highest BCUT2D eigenvalue weighted by Crippen LogP contribution is 2.11. The van der Waals surface area contributed by atoms with Crippen molar-refractivity contribution < 1.29 is 9.59 Å². The normalized spacial score (nSPS) is 11.4. The van der Waals surface area contributed by atoms with Gasteiger partial charge in [-0.3, -0.25) is 9.59 Å². The molecule has 1 unspecified atom stereocenters. The third kappa shape index (κ3) is 6.57. The zero-order valence-electron chi connectivity index (χ0n) is 14.4. The predicted octanol–water partition coefficient (Wildman–Crippen LogP) is 2.76. The molecule has 2 aromatic rings. The monoisotopic (exact) mass is 361 g/mol. The number of carbonyl (C=O) groups excluding carboxylic acids is 2. The van der Waals surface area contributed by atoms with Crippen molar-refractivity contribution in [2.75, 3.05) is 5.32 Å². The Morgan fingerprint density at radius 2 is 1.60 bits per heavy atom. The Kier molecular flexibility index (Phi) is 8.11. The first-order valence-corrected chi connectivity index (χ1v) is 7.97. The van der Waals surface area contributed by atoms with E-state index in [1.54, 1.807) is 24.3 Å². The second-order valence-electron chi connectivity index (χ2n) is 5.99. The van der Waals surface area contributed by atoms with Crippen LogP contribution < -0.4 is 16.4 Å². The summed E-state index contributed by atoms with van der Waals surface area (Å²) in [6.07, 6.45) is 0.474. The largest absolute Gasteiger partial charge is 0.350 e. The standard InChI is InChI=1S/C19H23N3O2.ClH/c1-13(2)21-18(23)15-8-10-16(11-9-15)22-19(24)17(20)12-14-6-4-3-5-7-14;/h3-11,13,17H,12,20H2,1-2H3,(H,21,23)(H,22,24);1H. The zero-order valence-corrected chi connectivity index (χ0v) is 15.2. The summed E-state index contributed by atoms with van der Waals surface area (Å²) >= 11 is 0. The molecule has 6 heteroatoms. The minimum Gasteiger partial charge on any atom is -0.350 e. The van der Waals surface area contributed by atoms with Crippen LogP contribution in [0, 0.1) is 0 Å². The van der Waals surface area contributed by atoms with Crippen LogP contribution in [-0.4, -0.2) is 23.9 Å². The Bertz CT molecular complexity index is 688. The third-order valence-corrected chi connectivity index (χ3v) is 3.47. The Morgan fingerprint density at radius 1 is 1.00 bits per heavy atom. The van der Waals surface area contributed by atoms with Crippen LogP contribution in [0.25, 0.3) is 0 Å². The Morgan fingerprint density at radius 3 is 2.16 bits per heavy atom. The first-order chi connectivity index (χ1) is 11.5. The summed E-state index contributed by atoms with van der Waals surface area (Å²) in [6, 6.07) is 15.8. The van der Waals surface area contributed by atoms with Crippen molar-refractivity contribution in [3.63, 3.8) is 0 Å². The van der Waals surface area contributed by atoms with E-state index in [4.69, 9.17) is 5.73 Å². The Balaban J connectivity index is 0.00000312. The van der Waals surface area contributed by atoms with E-state index in [-0.39, 0.29) is 30.3 Å². The molecule has 0 saturated carbocycles. The van der Waals surface area contributed by atoms with Crippen molar-refractivity contribution in [1.82, 2.24) is 5.32 Å². The van der Waals surface area contributed by atoms with Crippen LogP contribution in [0.15, 0.2) is 54.6 Å². The van der Waals surface area contributed by atoms with E-state index >= 15 is 0 Å². The van der Waals surface area contributed by atoms with Gasteiger partial charge in [-0.1, -0.05) is 30.3 Å². The minimum atomic E-state index is -0.628. The molecule has 134 valence electrons. The SMILES string of the molecule is CC(C)NC(=O)c1ccc(NC(=O)C(N)Cc2ccccc2)cc1.Cl. The quantitative estimate of drug-likeness (QED) is 0.739. The van der Waals surface area contributed by atoms with E-state index in [0.29, 0.717) is 17.7 Å². The molecule has 0 bridgehead atoms. The predicted molar refractivity (Wildman–Crippen MR) is 103 cm³/mol. The maximum Gasteiger partial charge on any atom is 0.251 e. The molecular weight excluding hydrogens is 338 g/mol. The van der Waals surface area contributed by atoms with Gasteiger partial charge in [0.05, 0.1) is 6.04 Å². The van der Waals surface area contributed by atoms with Crippen LogP contribution in [0.3, 0.4) is 0 Å². The van der Waals surface area contributed by atoms with Gasteiger partial charge in [0.25, 0.3) is 5.91 Å². The van der Waals surface area contributed by atoms with E-state index < -0.39 is 6.04 Å². The fourth-order valence-electron chi connectivity index (χ4n) is 2.25. The van der Waals surface area contributed by atoms with E-state index in [1.165, 1.54) is 0 Å². The molecule has 0 fully saturated rings. The molecule has 2 rings (SSSR count). The number of nitrogens with two attached hydrogens (primary N) is 1. The van der Waals surface area contributed by atoms with E-state index in [2.05, 4.69) is 10.6 Å².